The molecule has 1 atom stereocenters. The Kier molecular flexibility index (Phi) is 3.25. The van der Waals surface area contributed by atoms with E-state index in [0.717, 1.165) is 30.6 Å². The van der Waals surface area contributed by atoms with E-state index in [-0.39, 0.29) is 5.54 Å². The van der Waals surface area contributed by atoms with Crippen LogP contribution in [0.15, 0.2) is 24.3 Å². The molecule has 18 heavy (non-hydrogen) atoms. The highest BCUT2D eigenvalue weighted by Gasteiger charge is 2.42. The van der Waals surface area contributed by atoms with Crippen LogP contribution in [-0.2, 0) is 0 Å². The molecule has 0 aromatic heterocycles. The second kappa shape index (κ2) is 4.75. The van der Waals surface area contributed by atoms with Crippen molar-refractivity contribution in [1.29, 1.82) is 0 Å². The highest BCUT2D eigenvalue weighted by molar-refractivity contribution is 6.30. The molecule has 0 spiro atoms. The van der Waals surface area contributed by atoms with Gasteiger partial charge in [-0.3, -0.25) is 0 Å². The minimum Gasteiger partial charge on any atom is -0.370 e. The summed E-state index contributed by atoms with van der Waals surface area (Å²) in [6.07, 6.45) is 3.99. The molecule has 0 radical (unpaired) electrons. The molecule has 1 aromatic carbocycles. The molecule has 2 nitrogen and oxygen atoms in total. The molecule has 1 heterocycles. The van der Waals surface area contributed by atoms with Crippen molar-refractivity contribution < 1.29 is 0 Å². The third-order valence-corrected chi connectivity index (χ3v) is 4.58. The third-order valence-electron chi connectivity index (χ3n) is 4.32. The van der Waals surface area contributed by atoms with Crippen LogP contribution >= 0.6 is 11.6 Å². The standard InChI is InChI=1S/C15H21ClN2/c1-15(12-3-4-12)11-18(10-2-9-17-15)14-7-5-13(16)6-8-14/h5-8,12,17H,2-4,9-11H2,1H3. The van der Waals surface area contributed by atoms with Crippen LogP contribution in [0.25, 0.3) is 0 Å². The second-order valence-electron chi connectivity index (χ2n) is 5.87. The fraction of sp³-hybridized carbons (Fsp3) is 0.600. The Labute approximate surface area is 114 Å². The van der Waals surface area contributed by atoms with Crippen molar-refractivity contribution in [2.75, 3.05) is 24.5 Å². The van der Waals surface area contributed by atoms with Crippen molar-refractivity contribution in [3.8, 4) is 0 Å². The molecule has 3 rings (SSSR count). The monoisotopic (exact) mass is 264 g/mol. The van der Waals surface area contributed by atoms with Crippen LogP contribution in [0.3, 0.4) is 0 Å². The summed E-state index contributed by atoms with van der Waals surface area (Å²) in [7, 11) is 0. The molecule has 1 aliphatic heterocycles. The van der Waals surface area contributed by atoms with Gasteiger partial charge in [0.25, 0.3) is 0 Å². The predicted octanol–water partition coefficient (Wildman–Crippen LogP) is 3.31. The van der Waals surface area contributed by atoms with Gasteiger partial charge in [-0.1, -0.05) is 11.6 Å². The first-order valence-electron chi connectivity index (χ1n) is 6.93. The van der Waals surface area contributed by atoms with Gasteiger partial charge in [0.15, 0.2) is 0 Å². The van der Waals surface area contributed by atoms with Gasteiger partial charge in [-0.25, -0.2) is 0 Å². The van der Waals surface area contributed by atoms with Crippen LogP contribution < -0.4 is 10.2 Å². The summed E-state index contributed by atoms with van der Waals surface area (Å²) < 4.78 is 0. The highest BCUT2D eigenvalue weighted by atomic mass is 35.5. The minimum absolute atomic E-state index is 0.288. The van der Waals surface area contributed by atoms with Gasteiger partial charge in [0, 0.05) is 29.3 Å². The van der Waals surface area contributed by atoms with E-state index >= 15 is 0 Å². The Hall–Kier alpha value is -0.730. The van der Waals surface area contributed by atoms with Crippen molar-refractivity contribution in [2.24, 2.45) is 5.92 Å². The average molecular weight is 265 g/mol. The topological polar surface area (TPSA) is 15.3 Å². The van der Waals surface area contributed by atoms with Gasteiger partial charge < -0.3 is 10.2 Å². The number of hydrogen-bond acceptors (Lipinski definition) is 2. The van der Waals surface area contributed by atoms with Crippen LogP contribution in [0.2, 0.25) is 5.02 Å². The Morgan fingerprint density at radius 1 is 1.28 bits per heavy atom. The van der Waals surface area contributed by atoms with Crippen molar-refractivity contribution in [3.63, 3.8) is 0 Å². The molecule has 0 amide bonds. The zero-order chi connectivity index (χ0) is 12.6. The molecular formula is C15H21ClN2. The Morgan fingerprint density at radius 2 is 2.00 bits per heavy atom. The SMILES string of the molecule is CC1(C2CC2)CN(c2ccc(Cl)cc2)CCCN1. The smallest absolute Gasteiger partial charge is 0.0407 e. The van der Waals surface area contributed by atoms with E-state index in [1.54, 1.807) is 0 Å². The van der Waals surface area contributed by atoms with Gasteiger partial charge in [0.1, 0.15) is 0 Å². The third kappa shape index (κ3) is 2.50. The Bertz CT molecular complexity index is 413. The molecule has 1 N–H and O–H groups in total. The maximum absolute atomic E-state index is 5.97. The molecule has 1 unspecified atom stereocenters. The largest absolute Gasteiger partial charge is 0.370 e. The molecule has 1 saturated heterocycles. The number of nitrogens with zero attached hydrogens (tertiary/aromatic N) is 1. The normalized spacial score (nSPS) is 29.1. The molecule has 2 fully saturated rings. The van der Waals surface area contributed by atoms with Crippen LogP contribution in [0.1, 0.15) is 26.2 Å². The summed E-state index contributed by atoms with van der Waals surface area (Å²) in [4.78, 5) is 2.51. The molecule has 98 valence electrons. The van der Waals surface area contributed by atoms with Gasteiger partial charge in [-0.15, -0.1) is 0 Å². The van der Waals surface area contributed by atoms with E-state index in [4.69, 9.17) is 11.6 Å². The Morgan fingerprint density at radius 3 is 2.67 bits per heavy atom. The van der Waals surface area contributed by atoms with Crippen molar-refractivity contribution in [3.05, 3.63) is 29.3 Å². The number of halogens is 1. The first kappa shape index (κ1) is 12.3. The van der Waals surface area contributed by atoms with E-state index in [1.807, 2.05) is 12.1 Å². The quantitative estimate of drug-likeness (QED) is 0.882. The van der Waals surface area contributed by atoms with E-state index in [0.29, 0.717) is 0 Å². The van der Waals surface area contributed by atoms with Crippen molar-refractivity contribution >= 4 is 17.3 Å². The van der Waals surface area contributed by atoms with Crippen LogP contribution in [0, 0.1) is 5.92 Å². The van der Waals surface area contributed by atoms with Gasteiger partial charge in [-0.05, 0) is 62.9 Å². The zero-order valence-electron chi connectivity index (χ0n) is 11.0. The summed E-state index contributed by atoms with van der Waals surface area (Å²) in [5.41, 5.74) is 1.59. The van der Waals surface area contributed by atoms with Crippen molar-refractivity contribution in [1.82, 2.24) is 5.32 Å². The number of anilines is 1. The highest BCUT2D eigenvalue weighted by Crippen LogP contribution is 2.41. The lowest BCUT2D eigenvalue weighted by Crippen LogP contribution is -2.51. The lowest BCUT2D eigenvalue weighted by Gasteiger charge is -2.35. The summed E-state index contributed by atoms with van der Waals surface area (Å²) in [6, 6.07) is 8.26. The molecule has 1 aliphatic carbocycles. The van der Waals surface area contributed by atoms with Gasteiger partial charge >= 0.3 is 0 Å². The molecule has 1 aromatic rings. The summed E-state index contributed by atoms with van der Waals surface area (Å²) in [6.45, 7) is 5.77. The predicted molar refractivity (Wildman–Crippen MR) is 77.4 cm³/mol. The minimum atomic E-state index is 0.288. The van der Waals surface area contributed by atoms with E-state index in [9.17, 15) is 0 Å². The van der Waals surface area contributed by atoms with Gasteiger partial charge in [0.05, 0.1) is 0 Å². The fourth-order valence-electron chi connectivity index (χ4n) is 3.04. The van der Waals surface area contributed by atoms with Gasteiger partial charge in [0.2, 0.25) is 0 Å². The maximum Gasteiger partial charge on any atom is 0.0407 e. The van der Waals surface area contributed by atoms with Crippen LogP contribution in [0.5, 0.6) is 0 Å². The number of rotatable bonds is 2. The fourth-order valence-corrected chi connectivity index (χ4v) is 3.17. The lowest BCUT2D eigenvalue weighted by atomic mass is 9.95. The van der Waals surface area contributed by atoms with Crippen LogP contribution in [-0.4, -0.2) is 25.2 Å². The molecule has 2 aliphatic rings. The van der Waals surface area contributed by atoms with Gasteiger partial charge in [-0.2, -0.15) is 0 Å². The average Bonchev–Trinajstić information content (AvgIpc) is 3.17. The van der Waals surface area contributed by atoms with E-state index < -0.39 is 0 Å². The summed E-state index contributed by atoms with van der Waals surface area (Å²) >= 11 is 5.97. The van der Waals surface area contributed by atoms with E-state index in [1.165, 1.54) is 24.9 Å². The molecular weight excluding hydrogens is 244 g/mol. The first-order chi connectivity index (χ1) is 8.67. The summed E-state index contributed by atoms with van der Waals surface area (Å²) in [5, 5.41) is 4.58. The molecule has 0 bridgehead atoms. The van der Waals surface area contributed by atoms with Crippen LogP contribution in [0.4, 0.5) is 5.69 Å². The van der Waals surface area contributed by atoms with E-state index in [2.05, 4.69) is 29.3 Å². The first-order valence-corrected chi connectivity index (χ1v) is 7.31. The lowest BCUT2D eigenvalue weighted by molar-refractivity contribution is 0.331. The number of nitrogens with one attached hydrogen (secondary N) is 1. The summed E-state index contributed by atoms with van der Waals surface area (Å²) in [5.74, 6) is 0.866. The molecule has 1 saturated carbocycles. The zero-order valence-corrected chi connectivity index (χ0v) is 11.7. The number of benzene rings is 1. The van der Waals surface area contributed by atoms with Crippen molar-refractivity contribution in [2.45, 2.75) is 31.7 Å². The molecule has 3 heteroatoms. The number of hydrogen-bond donors (Lipinski definition) is 1. The maximum atomic E-state index is 5.97. The Balaban J connectivity index is 1.80. The second-order valence-corrected chi connectivity index (χ2v) is 6.31.